The first-order valence-electron chi connectivity index (χ1n) is 6.17. The van der Waals surface area contributed by atoms with Crippen molar-refractivity contribution in [1.82, 2.24) is 4.90 Å². The van der Waals surface area contributed by atoms with Crippen molar-refractivity contribution in [1.29, 1.82) is 0 Å². The van der Waals surface area contributed by atoms with E-state index in [9.17, 15) is 0 Å². The zero-order valence-electron chi connectivity index (χ0n) is 8.54. The van der Waals surface area contributed by atoms with E-state index in [-0.39, 0.29) is 0 Å². The predicted molar refractivity (Wildman–Crippen MR) is 54.7 cm³/mol. The molecule has 0 aromatic carbocycles. The van der Waals surface area contributed by atoms with E-state index in [0.717, 1.165) is 17.9 Å². The summed E-state index contributed by atoms with van der Waals surface area (Å²) in [6, 6.07) is 1.00. The summed E-state index contributed by atoms with van der Waals surface area (Å²) in [6.45, 7) is 2.84. The molecule has 1 heterocycles. The molecule has 0 bridgehead atoms. The summed E-state index contributed by atoms with van der Waals surface area (Å²) in [5.74, 6) is 2.28. The summed E-state index contributed by atoms with van der Waals surface area (Å²) in [5, 5.41) is 0. The molecular formula is C12H21N. The summed E-state index contributed by atoms with van der Waals surface area (Å²) >= 11 is 0. The monoisotopic (exact) mass is 179 g/mol. The second-order valence-electron chi connectivity index (χ2n) is 5.30. The third-order valence-corrected chi connectivity index (χ3v) is 4.45. The Labute approximate surface area is 81.5 Å². The molecule has 2 aliphatic carbocycles. The second-order valence-corrected chi connectivity index (χ2v) is 5.30. The summed E-state index contributed by atoms with van der Waals surface area (Å²) in [6.07, 6.45) is 10.6. The molecule has 1 nitrogen and oxygen atoms in total. The van der Waals surface area contributed by atoms with Crippen LogP contribution in [0.15, 0.2) is 0 Å². The van der Waals surface area contributed by atoms with Gasteiger partial charge in [0.25, 0.3) is 0 Å². The van der Waals surface area contributed by atoms with Gasteiger partial charge in [0.2, 0.25) is 0 Å². The highest BCUT2D eigenvalue weighted by molar-refractivity contribution is 4.88. The maximum absolute atomic E-state index is 2.77. The molecule has 1 heteroatoms. The van der Waals surface area contributed by atoms with Crippen molar-refractivity contribution in [2.45, 2.75) is 51.0 Å². The van der Waals surface area contributed by atoms with Crippen LogP contribution in [-0.4, -0.2) is 24.0 Å². The molecule has 0 radical (unpaired) electrons. The SMILES string of the molecule is C1CC(N2CCC(C3CC3)CC2)C1. The van der Waals surface area contributed by atoms with Crippen LogP contribution in [0.25, 0.3) is 0 Å². The molecule has 3 rings (SSSR count). The number of hydrogen-bond donors (Lipinski definition) is 0. The van der Waals surface area contributed by atoms with Crippen molar-refractivity contribution in [2.24, 2.45) is 11.8 Å². The molecule has 0 N–H and O–H groups in total. The van der Waals surface area contributed by atoms with Gasteiger partial charge in [-0.3, -0.25) is 0 Å². The van der Waals surface area contributed by atoms with Crippen LogP contribution in [0, 0.1) is 11.8 Å². The van der Waals surface area contributed by atoms with Gasteiger partial charge in [-0.05, 0) is 63.5 Å². The Morgan fingerprint density at radius 2 is 1.31 bits per heavy atom. The fourth-order valence-corrected chi connectivity index (χ4v) is 3.08. The molecule has 0 spiro atoms. The summed E-state index contributed by atoms with van der Waals surface area (Å²) in [7, 11) is 0. The lowest BCUT2D eigenvalue weighted by Crippen LogP contribution is -2.45. The van der Waals surface area contributed by atoms with E-state index in [0.29, 0.717) is 0 Å². The topological polar surface area (TPSA) is 3.24 Å². The number of likely N-dealkylation sites (tertiary alicyclic amines) is 1. The lowest BCUT2D eigenvalue weighted by Gasteiger charge is -2.41. The number of rotatable bonds is 2. The Morgan fingerprint density at radius 3 is 1.77 bits per heavy atom. The van der Waals surface area contributed by atoms with Crippen LogP contribution in [0.3, 0.4) is 0 Å². The van der Waals surface area contributed by atoms with Crippen LogP contribution in [0.4, 0.5) is 0 Å². The number of hydrogen-bond acceptors (Lipinski definition) is 1. The van der Waals surface area contributed by atoms with E-state index in [2.05, 4.69) is 4.90 Å². The third-order valence-electron chi connectivity index (χ3n) is 4.45. The summed E-state index contributed by atoms with van der Waals surface area (Å²) in [4.78, 5) is 2.77. The van der Waals surface area contributed by atoms with Crippen molar-refractivity contribution in [3.8, 4) is 0 Å². The van der Waals surface area contributed by atoms with Gasteiger partial charge in [-0.25, -0.2) is 0 Å². The van der Waals surface area contributed by atoms with E-state index in [1.165, 1.54) is 45.2 Å². The maximum atomic E-state index is 2.77. The minimum absolute atomic E-state index is 1.00. The average Bonchev–Trinajstić information content (AvgIpc) is 2.85. The van der Waals surface area contributed by atoms with Crippen molar-refractivity contribution < 1.29 is 0 Å². The molecule has 13 heavy (non-hydrogen) atoms. The highest BCUT2D eigenvalue weighted by Gasteiger charge is 2.35. The summed E-state index contributed by atoms with van der Waals surface area (Å²) < 4.78 is 0. The second kappa shape index (κ2) is 3.27. The van der Waals surface area contributed by atoms with Crippen LogP contribution in [0.2, 0.25) is 0 Å². The Hall–Kier alpha value is -0.0400. The van der Waals surface area contributed by atoms with Crippen LogP contribution in [0.1, 0.15) is 44.9 Å². The quantitative estimate of drug-likeness (QED) is 0.630. The molecule has 0 amide bonds. The van der Waals surface area contributed by atoms with Crippen molar-refractivity contribution in [3.63, 3.8) is 0 Å². The molecule has 0 unspecified atom stereocenters. The highest BCUT2D eigenvalue weighted by atomic mass is 15.2. The molecule has 0 aromatic heterocycles. The van der Waals surface area contributed by atoms with Crippen molar-refractivity contribution >= 4 is 0 Å². The van der Waals surface area contributed by atoms with Crippen molar-refractivity contribution in [2.75, 3.05) is 13.1 Å². The highest BCUT2D eigenvalue weighted by Crippen LogP contribution is 2.42. The molecule has 1 aliphatic heterocycles. The minimum Gasteiger partial charge on any atom is -0.300 e. The van der Waals surface area contributed by atoms with E-state index >= 15 is 0 Å². The molecule has 74 valence electrons. The minimum atomic E-state index is 1.00. The Kier molecular flexibility index (Phi) is 2.08. The van der Waals surface area contributed by atoms with Gasteiger partial charge in [-0.15, -0.1) is 0 Å². The van der Waals surface area contributed by atoms with Gasteiger partial charge in [0.15, 0.2) is 0 Å². The number of nitrogens with zero attached hydrogens (tertiary/aromatic N) is 1. The lowest BCUT2D eigenvalue weighted by atomic mass is 9.86. The van der Waals surface area contributed by atoms with Gasteiger partial charge in [-0.1, -0.05) is 6.42 Å². The van der Waals surface area contributed by atoms with Crippen molar-refractivity contribution in [3.05, 3.63) is 0 Å². The lowest BCUT2D eigenvalue weighted by molar-refractivity contribution is 0.0798. The first-order chi connectivity index (χ1) is 6.43. The van der Waals surface area contributed by atoms with E-state index in [4.69, 9.17) is 0 Å². The van der Waals surface area contributed by atoms with Crippen LogP contribution >= 0.6 is 0 Å². The zero-order chi connectivity index (χ0) is 8.67. The van der Waals surface area contributed by atoms with E-state index < -0.39 is 0 Å². The third kappa shape index (κ3) is 1.63. The van der Waals surface area contributed by atoms with Crippen LogP contribution < -0.4 is 0 Å². The Balaban J connectivity index is 1.48. The van der Waals surface area contributed by atoms with Crippen LogP contribution in [0.5, 0.6) is 0 Å². The first-order valence-corrected chi connectivity index (χ1v) is 6.17. The van der Waals surface area contributed by atoms with Gasteiger partial charge in [-0.2, -0.15) is 0 Å². The van der Waals surface area contributed by atoms with Gasteiger partial charge in [0.1, 0.15) is 0 Å². The molecule has 2 saturated carbocycles. The standard InChI is InChI=1S/C12H21N/c1-2-12(3-1)13-8-6-11(7-9-13)10-4-5-10/h10-12H,1-9H2. The molecular weight excluding hydrogens is 158 g/mol. The first kappa shape index (κ1) is 8.28. The predicted octanol–water partition coefficient (Wildman–Crippen LogP) is 2.66. The molecule has 1 saturated heterocycles. The number of piperidine rings is 1. The fraction of sp³-hybridized carbons (Fsp3) is 1.00. The maximum Gasteiger partial charge on any atom is 0.00952 e. The Morgan fingerprint density at radius 1 is 0.692 bits per heavy atom. The smallest absolute Gasteiger partial charge is 0.00952 e. The molecule has 0 atom stereocenters. The van der Waals surface area contributed by atoms with E-state index in [1.807, 2.05) is 0 Å². The average molecular weight is 179 g/mol. The van der Waals surface area contributed by atoms with Gasteiger partial charge in [0.05, 0.1) is 0 Å². The van der Waals surface area contributed by atoms with Gasteiger partial charge in [0, 0.05) is 6.04 Å². The van der Waals surface area contributed by atoms with E-state index in [1.54, 1.807) is 12.8 Å². The molecule has 3 aliphatic rings. The summed E-state index contributed by atoms with van der Waals surface area (Å²) in [5.41, 5.74) is 0. The van der Waals surface area contributed by atoms with Gasteiger partial charge >= 0.3 is 0 Å². The Bertz CT molecular complexity index is 174. The van der Waals surface area contributed by atoms with Crippen LogP contribution in [-0.2, 0) is 0 Å². The molecule has 0 aromatic rings. The largest absolute Gasteiger partial charge is 0.300 e. The zero-order valence-corrected chi connectivity index (χ0v) is 8.54. The fourth-order valence-electron chi connectivity index (χ4n) is 3.08. The normalized spacial score (nSPS) is 33.2. The van der Waals surface area contributed by atoms with Gasteiger partial charge < -0.3 is 4.90 Å². The molecule has 3 fully saturated rings.